The standard InChI is InChI=1S/C18H29N3O3S.ClH/c1-11(12-7-6-8-19-10-12)9-13(22)20-17-21-15(18(2,3)4)14(25-17)16(23)24-5;/h11-12,19H,6-10H2,1-5H3,(H,20,21,22);1H. The van der Waals surface area contributed by atoms with E-state index in [9.17, 15) is 9.59 Å². The molecule has 1 amide bonds. The van der Waals surface area contributed by atoms with Gasteiger partial charge in [-0.25, -0.2) is 9.78 Å². The summed E-state index contributed by atoms with van der Waals surface area (Å²) in [4.78, 5) is 29.3. The number of carbonyl (C=O) groups is 2. The second-order valence-electron chi connectivity index (χ2n) is 7.77. The minimum Gasteiger partial charge on any atom is -0.465 e. The molecule has 2 unspecified atom stereocenters. The lowest BCUT2D eigenvalue weighted by Crippen LogP contribution is -2.34. The summed E-state index contributed by atoms with van der Waals surface area (Å²) in [5.41, 5.74) is 0.355. The van der Waals surface area contributed by atoms with E-state index in [1.54, 1.807) is 0 Å². The highest BCUT2D eigenvalue weighted by Crippen LogP contribution is 2.33. The largest absolute Gasteiger partial charge is 0.465 e. The molecule has 148 valence electrons. The van der Waals surface area contributed by atoms with Crippen LogP contribution in [-0.2, 0) is 14.9 Å². The number of hydrogen-bond donors (Lipinski definition) is 2. The summed E-state index contributed by atoms with van der Waals surface area (Å²) in [5, 5.41) is 6.72. The van der Waals surface area contributed by atoms with E-state index in [1.807, 2.05) is 20.8 Å². The third kappa shape index (κ3) is 5.93. The van der Waals surface area contributed by atoms with Gasteiger partial charge in [-0.05, 0) is 37.8 Å². The van der Waals surface area contributed by atoms with E-state index in [2.05, 4.69) is 22.5 Å². The fraction of sp³-hybridized carbons (Fsp3) is 0.722. The second kappa shape index (κ2) is 9.67. The Balaban J connectivity index is 0.00000338. The highest BCUT2D eigenvalue weighted by molar-refractivity contribution is 7.17. The van der Waals surface area contributed by atoms with Gasteiger partial charge in [0.25, 0.3) is 0 Å². The summed E-state index contributed by atoms with van der Waals surface area (Å²) in [6, 6.07) is 0. The Morgan fingerprint density at radius 3 is 2.65 bits per heavy atom. The zero-order valence-corrected chi connectivity index (χ0v) is 17.8. The Morgan fingerprint density at radius 2 is 2.12 bits per heavy atom. The van der Waals surface area contributed by atoms with Gasteiger partial charge in [0.15, 0.2) is 5.13 Å². The molecule has 1 aromatic rings. The van der Waals surface area contributed by atoms with Crippen molar-refractivity contribution >= 4 is 40.8 Å². The highest BCUT2D eigenvalue weighted by atomic mass is 35.5. The van der Waals surface area contributed by atoms with Crippen LogP contribution in [0.3, 0.4) is 0 Å². The van der Waals surface area contributed by atoms with Gasteiger partial charge >= 0.3 is 5.97 Å². The van der Waals surface area contributed by atoms with Crippen LogP contribution < -0.4 is 10.6 Å². The maximum absolute atomic E-state index is 12.4. The van der Waals surface area contributed by atoms with Crippen molar-refractivity contribution in [2.45, 2.75) is 52.4 Å². The lowest BCUT2D eigenvalue weighted by atomic mass is 9.85. The minimum atomic E-state index is -0.412. The van der Waals surface area contributed by atoms with Crippen molar-refractivity contribution in [3.63, 3.8) is 0 Å². The van der Waals surface area contributed by atoms with Gasteiger partial charge in [0.2, 0.25) is 5.91 Å². The fourth-order valence-electron chi connectivity index (χ4n) is 3.11. The Morgan fingerprint density at radius 1 is 1.42 bits per heavy atom. The van der Waals surface area contributed by atoms with E-state index in [0.717, 1.165) is 13.1 Å². The molecule has 2 atom stereocenters. The number of piperidine rings is 1. The third-order valence-electron chi connectivity index (χ3n) is 4.60. The van der Waals surface area contributed by atoms with Crippen LogP contribution in [0.15, 0.2) is 0 Å². The number of methoxy groups -OCH3 is 1. The number of rotatable bonds is 5. The van der Waals surface area contributed by atoms with Crippen molar-refractivity contribution in [1.29, 1.82) is 0 Å². The minimum absolute atomic E-state index is 0. The van der Waals surface area contributed by atoms with E-state index in [4.69, 9.17) is 4.74 Å². The average Bonchev–Trinajstić information content (AvgIpc) is 2.98. The topological polar surface area (TPSA) is 80.3 Å². The number of amides is 1. The van der Waals surface area contributed by atoms with Crippen LogP contribution in [0.25, 0.3) is 0 Å². The Labute approximate surface area is 165 Å². The molecule has 2 heterocycles. The first-order valence-corrected chi connectivity index (χ1v) is 9.64. The number of hydrogen-bond acceptors (Lipinski definition) is 6. The van der Waals surface area contributed by atoms with E-state index in [-0.39, 0.29) is 23.7 Å². The van der Waals surface area contributed by atoms with Crippen LogP contribution in [0.4, 0.5) is 5.13 Å². The van der Waals surface area contributed by atoms with Crippen LogP contribution in [-0.4, -0.2) is 37.1 Å². The Hall–Kier alpha value is -1.18. The van der Waals surface area contributed by atoms with Crippen LogP contribution in [0.5, 0.6) is 0 Å². The molecule has 26 heavy (non-hydrogen) atoms. The zero-order chi connectivity index (χ0) is 18.6. The molecule has 1 aromatic heterocycles. The van der Waals surface area contributed by atoms with Gasteiger partial charge in [-0.1, -0.05) is 39.0 Å². The van der Waals surface area contributed by atoms with Crippen molar-refractivity contribution < 1.29 is 14.3 Å². The SMILES string of the molecule is COC(=O)c1sc(NC(=O)CC(C)C2CCCNC2)nc1C(C)(C)C.Cl. The molecule has 1 fully saturated rings. The predicted octanol–water partition coefficient (Wildman–Crippen LogP) is 3.61. The quantitative estimate of drug-likeness (QED) is 0.734. The zero-order valence-electron chi connectivity index (χ0n) is 16.2. The van der Waals surface area contributed by atoms with Crippen LogP contribution in [0.2, 0.25) is 0 Å². The second-order valence-corrected chi connectivity index (χ2v) is 8.77. The first kappa shape index (κ1) is 22.9. The van der Waals surface area contributed by atoms with Gasteiger partial charge in [-0.15, -0.1) is 12.4 Å². The summed E-state index contributed by atoms with van der Waals surface area (Å²) in [6.45, 7) is 10.1. The van der Waals surface area contributed by atoms with E-state index in [0.29, 0.717) is 34.0 Å². The summed E-state index contributed by atoms with van der Waals surface area (Å²) >= 11 is 1.18. The number of nitrogens with zero attached hydrogens (tertiary/aromatic N) is 1. The van der Waals surface area contributed by atoms with E-state index in [1.165, 1.54) is 31.3 Å². The Bertz CT molecular complexity index is 622. The number of esters is 1. The predicted molar refractivity (Wildman–Crippen MR) is 107 cm³/mol. The first-order chi connectivity index (χ1) is 11.7. The molecule has 1 saturated heterocycles. The lowest BCUT2D eigenvalue weighted by Gasteiger charge is -2.27. The molecule has 0 spiro atoms. The maximum Gasteiger partial charge on any atom is 0.350 e. The third-order valence-corrected chi connectivity index (χ3v) is 5.55. The average molecular weight is 404 g/mol. The van der Waals surface area contributed by atoms with E-state index >= 15 is 0 Å². The van der Waals surface area contributed by atoms with Gasteiger partial charge < -0.3 is 15.4 Å². The van der Waals surface area contributed by atoms with E-state index < -0.39 is 5.97 Å². The molecule has 0 aliphatic carbocycles. The monoisotopic (exact) mass is 403 g/mol. The molecule has 0 aromatic carbocycles. The van der Waals surface area contributed by atoms with Gasteiger partial charge in [0.1, 0.15) is 4.88 Å². The van der Waals surface area contributed by atoms with Gasteiger partial charge in [-0.2, -0.15) is 0 Å². The number of anilines is 1. The molecule has 8 heteroatoms. The van der Waals surface area contributed by atoms with Crippen molar-refractivity contribution in [3.05, 3.63) is 10.6 Å². The highest BCUT2D eigenvalue weighted by Gasteiger charge is 2.29. The number of halogens is 1. The maximum atomic E-state index is 12.4. The molecule has 0 saturated carbocycles. The Kier molecular flexibility index (Phi) is 8.50. The van der Waals surface area contributed by atoms with Crippen molar-refractivity contribution in [1.82, 2.24) is 10.3 Å². The number of ether oxygens (including phenoxy) is 1. The molecule has 2 N–H and O–H groups in total. The smallest absolute Gasteiger partial charge is 0.350 e. The number of thiazole rings is 1. The summed E-state index contributed by atoms with van der Waals surface area (Å²) in [5.74, 6) is 0.384. The van der Waals surface area contributed by atoms with Crippen molar-refractivity contribution in [3.8, 4) is 0 Å². The molecular formula is C18H30ClN3O3S. The van der Waals surface area contributed by atoms with Crippen molar-refractivity contribution in [2.24, 2.45) is 11.8 Å². The lowest BCUT2D eigenvalue weighted by molar-refractivity contribution is -0.117. The molecule has 1 aliphatic heterocycles. The number of nitrogens with one attached hydrogen (secondary N) is 2. The molecule has 2 rings (SSSR count). The summed E-state index contributed by atoms with van der Waals surface area (Å²) < 4.78 is 4.85. The molecule has 1 aliphatic rings. The normalized spacial score (nSPS) is 18.6. The van der Waals surface area contributed by atoms with Gasteiger partial charge in [0, 0.05) is 11.8 Å². The molecule has 0 bridgehead atoms. The van der Waals surface area contributed by atoms with Crippen LogP contribution in [0.1, 0.15) is 62.3 Å². The van der Waals surface area contributed by atoms with Crippen LogP contribution in [0, 0.1) is 11.8 Å². The molecule has 6 nitrogen and oxygen atoms in total. The van der Waals surface area contributed by atoms with Gasteiger partial charge in [-0.3, -0.25) is 4.79 Å². The van der Waals surface area contributed by atoms with Crippen molar-refractivity contribution in [2.75, 3.05) is 25.5 Å². The number of carbonyl (C=O) groups excluding carboxylic acids is 2. The summed E-state index contributed by atoms with van der Waals surface area (Å²) in [7, 11) is 1.35. The van der Waals surface area contributed by atoms with Crippen LogP contribution >= 0.6 is 23.7 Å². The van der Waals surface area contributed by atoms with Gasteiger partial charge in [0.05, 0.1) is 12.8 Å². The fourth-order valence-corrected chi connectivity index (χ4v) is 4.22. The molecular weight excluding hydrogens is 374 g/mol. The summed E-state index contributed by atoms with van der Waals surface area (Å²) in [6.07, 6.45) is 2.80. The first-order valence-electron chi connectivity index (χ1n) is 8.82. The molecule has 0 radical (unpaired) electrons. The number of aromatic nitrogens is 1.